The van der Waals surface area contributed by atoms with E-state index in [-0.39, 0.29) is 18.6 Å². The lowest BCUT2D eigenvalue weighted by Crippen LogP contribution is -2.34. The highest BCUT2D eigenvalue weighted by Gasteiger charge is 2.05. The number of amides is 1. The van der Waals surface area contributed by atoms with Crippen molar-refractivity contribution in [3.8, 4) is 0 Å². The van der Waals surface area contributed by atoms with Crippen molar-refractivity contribution in [3.63, 3.8) is 0 Å². The fourth-order valence-corrected chi connectivity index (χ4v) is 2.70. The van der Waals surface area contributed by atoms with Crippen LogP contribution >= 0.6 is 0 Å². The van der Waals surface area contributed by atoms with Gasteiger partial charge in [0, 0.05) is 12.5 Å². The van der Waals surface area contributed by atoms with Crippen LogP contribution in [0.25, 0.3) is 0 Å². The second kappa shape index (κ2) is 16.8. The maximum atomic E-state index is 11.5. The summed E-state index contributed by atoms with van der Waals surface area (Å²) in [4.78, 5) is 11.5. The quantitative estimate of drug-likeness (QED) is 0.395. The summed E-state index contributed by atoms with van der Waals surface area (Å²) in [6, 6.07) is -0.116. The van der Waals surface area contributed by atoms with Gasteiger partial charge in [-0.25, -0.2) is 0 Å². The van der Waals surface area contributed by atoms with Gasteiger partial charge in [-0.2, -0.15) is 0 Å². The summed E-state index contributed by atoms with van der Waals surface area (Å²) in [5.74, 6) is 0.0737. The van der Waals surface area contributed by atoms with E-state index < -0.39 is 0 Å². The first-order chi connectivity index (χ1) is 10.7. The van der Waals surface area contributed by atoms with Crippen molar-refractivity contribution in [1.29, 1.82) is 0 Å². The van der Waals surface area contributed by atoms with Gasteiger partial charge in [-0.3, -0.25) is 4.79 Å². The molecule has 0 bridgehead atoms. The highest BCUT2D eigenvalue weighted by Crippen LogP contribution is 2.12. The van der Waals surface area contributed by atoms with E-state index in [0.29, 0.717) is 6.42 Å². The molecule has 132 valence electrons. The third-order valence-corrected chi connectivity index (χ3v) is 4.19. The molecule has 0 heterocycles. The fourth-order valence-electron chi connectivity index (χ4n) is 2.70. The molecule has 22 heavy (non-hydrogen) atoms. The Morgan fingerprint density at radius 1 is 0.818 bits per heavy atom. The standard InChI is InChI=1S/C19H39NO2/c1-3-4-5-6-7-8-9-10-11-12-13-14-15-16-19(22)20-18(2)17-21/h18,21H,3-17H2,1-2H3,(H,20,22)/t18-/m1/s1. The average molecular weight is 314 g/mol. The Morgan fingerprint density at radius 2 is 1.23 bits per heavy atom. The monoisotopic (exact) mass is 313 g/mol. The zero-order valence-corrected chi connectivity index (χ0v) is 15.0. The van der Waals surface area contributed by atoms with E-state index in [4.69, 9.17) is 5.11 Å². The van der Waals surface area contributed by atoms with Gasteiger partial charge < -0.3 is 10.4 Å². The molecule has 1 atom stereocenters. The molecule has 0 saturated carbocycles. The molecule has 3 nitrogen and oxygen atoms in total. The number of carbonyl (C=O) groups excluding carboxylic acids is 1. The molecule has 0 aromatic rings. The molecule has 0 unspecified atom stereocenters. The van der Waals surface area contributed by atoms with Gasteiger partial charge in [0.15, 0.2) is 0 Å². The van der Waals surface area contributed by atoms with E-state index in [2.05, 4.69) is 12.2 Å². The minimum atomic E-state index is -0.116. The van der Waals surface area contributed by atoms with Gasteiger partial charge in [0.05, 0.1) is 6.61 Å². The van der Waals surface area contributed by atoms with E-state index in [0.717, 1.165) is 12.8 Å². The van der Waals surface area contributed by atoms with Gasteiger partial charge in [0.1, 0.15) is 0 Å². The van der Waals surface area contributed by atoms with Crippen molar-refractivity contribution in [2.24, 2.45) is 0 Å². The zero-order valence-electron chi connectivity index (χ0n) is 15.0. The van der Waals surface area contributed by atoms with Crippen molar-refractivity contribution in [1.82, 2.24) is 5.32 Å². The number of unbranched alkanes of at least 4 members (excludes halogenated alkanes) is 12. The average Bonchev–Trinajstić information content (AvgIpc) is 2.51. The van der Waals surface area contributed by atoms with Gasteiger partial charge in [-0.05, 0) is 13.3 Å². The molecular weight excluding hydrogens is 274 g/mol. The molecule has 3 heteroatoms. The summed E-state index contributed by atoms with van der Waals surface area (Å²) in [5.41, 5.74) is 0. The summed E-state index contributed by atoms with van der Waals surface area (Å²) < 4.78 is 0. The summed E-state index contributed by atoms with van der Waals surface area (Å²) in [7, 11) is 0. The second-order valence-electron chi connectivity index (χ2n) is 6.64. The van der Waals surface area contributed by atoms with E-state index in [1.165, 1.54) is 70.6 Å². The third kappa shape index (κ3) is 15.8. The van der Waals surface area contributed by atoms with Gasteiger partial charge in [0.2, 0.25) is 5.91 Å². The van der Waals surface area contributed by atoms with E-state index in [1.807, 2.05) is 6.92 Å². The van der Waals surface area contributed by atoms with Crippen molar-refractivity contribution in [2.45, 2.75) is 110 Å². The molecule has 0 aliphatic rings. The molecular formula is C19H39NO2. The first-order valence-corrected chi connectivity index (χ1v) is 9.61. The first-order valence-electron chi connectivity index (χ1n) is 9.61. The molecule has 2 N–H and O–H groups in total. The first kappa shape index (κ1) is 21.4. The Labute approximate surface area is 138 Å². The SMILES string of the molecule is CCCCCCCCCCCCCCCC(=O)N[C@H](C)CO. The van der Waals surface area contributed by atoms with Gasteiger partial charge in [0.25, 0.3) is 0 Å². The number of aliphatic hydroxyl groups excluding tert-OH is 1. The van der Waals surface area contributed by atoms with Crippen LogP contribution in [-0.4, -0.2) is 23.7 Å². The maximum Gasteiger partial charge on any atom is 0.220 e. The normalized spacial score (nSPS) is 12.3. The number of hydrogen-bond donors (Lipinski definition) is 2. The molecule has 1 amide bonds. The molecule has 0 aromatic carbocycles. The van der Waals surface area contributed by atoms with Crippen LogP contribution < -0.4 is 5.32 Å². The number of rotatable bonds is 16. The van der Waals surface area contributed by atoms with Crippen molar-refractivity contribution in [3.05, 3.63) is 0 Å². The molecule has 0 saturated heterocycles. The van der Waals surface area contributed by atoms with Crippen LogP contribution in [0, 0.1) is 0 Å². The molecule has 0 spiro atoms. The number of aliphatic hydroxyl groups is 1. The summed E-state index contributed by atoms with van der Waals surface area (Å²) in [6.07, 6.45) is 17.8. The van der Waals surface area contributed by atoms with Crippen LogP contribution in [0.5, 0.6) is 0 Å². The van der Waals surface area contributed by atoms with Crippen molar-refractivity contribution >= 4 is 5.91 Å². The molecule has 0 rings (SSSR count). The van der Waals surface area contributed by atoms with Gasteiger partial charge in [-0.15, -0.1) is 0 Å². The van der Waals surface area contributed by atoms with Crippen molar-refractivity contribution in [2.75, 3.05) is 6.61 Å². The minimum Gasteiger partial charge on any atom is -0.394 e. The Bertz CT molecular complexity index is 244. The highest BCUT2D eigenvalue weighted by atomic mass is 16.3. The van der Waals surface area contributed by atoms with E-state index >= 15 is 0 Å². The molecule has 0 fully saturated rings. The van der Waals surface area contributed by atoms with Crippen LogP contribution in [0.3, 0.4) is 0 Å². The van der Waals surface area contributed by atoms with Gasteiger partial charge in [-0.1, -0.05) is 84.0 Å². The lowest BCUT2D eigenvalue weighted by atomic mass is 10.0. The predicted octanol–water partition coefficient (Wildman–Crippen LogP) is 4.96. The Kier molecular flexibility index (Phi) is 16.4. The topological polar surface area (TPSA) is 49.3 Å². The molecule has 0 radical (unpaired) electrons. The minimum absolute atomic E-state index is 0.0182. The van der Waals surface area contributed by atoms with Crippen molar-refractivity contribution < 1.29 is 9.90 Å². The summed E-state index contributed by atoms with van der Waals surface area (Å²) in [6.45, 7) is 4.11. The predicted molar refractivity (Wildman–Crippen MR) is 95.0 cm³/mol. The lowest BCUT2D eigenvalue weighted by Gasteiger charge is -2.10. The molecule has 0 aliphatic carbocycles. The van der Waals surface area contributed by atoms with Crippen LogP contribution in [0.15, 0.2) is 0 Å². The molecule has 0 aliphatic heterocycles. The van der Waals surface area contributed by atoms with Crippen LogP contribution in [0.2, 0.25) is 0 Å². The van der Waals surface area contributed by atoms with E-state index in [9.17, 15) is 4.79 Å². The molecule has 0 aromatic heterocycles. The van der Waals surface area contributed by atoms with Crippen LogP contribution in [-0.2, 0) is 4.79 Å². The van der Waals surface area contributed by atoms with Crippen LogP contribution in [0.1, 0.15) is 104 Å². The summed E-state index contributed by atoms with van der Waals surface area (Å²) in [5, 5.41) is 11.6. The zero-order chi connectivity index (χ0) is 16.5. The Balaban J connectivity index is 3.12. The summed E-state index contributed by atoms with van der Waals surface area (Å²) >= 11 is 0. The third-order valence-electron chi connectivity index (χ3n) is 4.19. The number of nitrogens with one attached hydrogen (secondary N) is 1. The maximum absolute atomic E-state index is 11.5. The fraction of sp³-hybridized carbons (Fsp3) is 0.947. The Hall–Kier alpha value is -0.570. The second-order valence-corrected chi connectivity index (χ2v) is 6.64. The van der Waals surface area contributed by atoms with E-state index in [1.54, 1.807) is 0 Å². The van der Waals surface area contributed by atoms with Gasteiger partial charge >= 0.3 is 0 Å². The Morgan fingerprint density at radius 3 is 1.64 bits per heavy atom. The number of hydrogen-bond acceptors (Lipinski definition) is 2. The lowest BCUT2D eigenvalue weighted by molar-refractivity contribution is -0.122. The number of carbonyl (C=O) groups is 1. The largest absolute Gasteiger partial charge is 0.394 e. The highest BCUT2D eigenvalue weighted by molar-refractivity contribution is 5.76. The van der Waals surface area contributed by atoms with Crippen LogP contribution in [0.4, 0.5) is 0 Å². The smallest absolute Gasteiger partial charge is 0.220 e.